The molecule has 3 aromatic rings. The number of amides is 2. The molecule has 1 aromatic heterocycles. The van der Waals surface area contributed by atoms with E-state index in [2.05, 4.69) is 34.2 Å². The van der Waals surface area contributed by atoms with Crippen molar-refractivity contribution in [1.82, 2.24) is 20.0 Å². The van der Waals surface area contributed by atoms with Gasteiger partial charge < -0.3 is 14.7 Å². The Labute approximate surface area is 215 Å². The standard InChI is InChI=1S/C26H27Cl2N5O2/c1-3-31(26(35)21-9-8-20(27)16-22(21)28)17-25(34)33-14-12-32(13-15-33)24-11-10-23(29-30-24)19-6-4-18(2)5-7-19/h4-11,16H,3,12-15,17H2,1-2H3. The number of likely N-dealkylation sites (N-methyl/N-ethyl adjacent to an activating group) is 1. The summed E-state index contributed by atoms with van der Waals surface area (Å²) in [4.78, 5) is 31.3. The van der Waals surface area contributed by atoms with Crippen molar-refractivity contribution in [2.45, 2.75) is 13.8 Å². The highest BCUT2D eigenvalue weighted by Crippen LogP contribution is 2.23. The van der Waals surface area contributed by atoms with Crippen LogP contribution in [0.2, 0.25) is 10.0 Å². The number of nitrogens with zero attached hydrogens (tertiary/aromatic N) is 5. The molecule has 2 aromatic carbocycles. The third kappa shape index (κ3) is 5.92. The zero-order chi connectivity index (χ0) is 24.9. The third-order valence-electron chi connectivity index (χ3n) is 6.11. The number of piperazine rings is 1. The van der Waals surface area contributed by atoms with Crippen LogP contribution in [0.1, 0.15) is 22.8 Å². The molecule has 0 radical (unpaired) electrons. The molecule has 2 amide bonds. The summed E-state index contributed by atoms with van der Waals surface area (Å²) in [5.41, 5.74) is 3.39. The zero-order valence-electron chi connectivity index (χ0n) is 19.7. The Morgan fingerprint density at radius 3 is 2.26 bits per heavy atom. The van der Waals surface area contributed by atoms with Crippen LogP contribution in [-0.4, -0.2) is 71.1 Å². The fraction of sp³-hybridized carbons (Fsp3) is 0.308. The molecular weight excluding hydrogens is 485 g/mol. The van der Waals surface area contributed by atoms with Crippen LogP contribution < -0.4 is 4.90 Å². The first-order chi connectivity index (χ1) is 16.9. The summed E-state index contributed by atoms with van der Waals surface area (Å²) >= 11 is 12.1. The van der Waals surface area contributed by atoms with Crippen molar-refractivity contribution >= 4 is 40.8 Å². The van der Waals surface area contributed by atoms with Crippen LogP contribution in [0.25, 0.3) is 11.3 Å². The topological polar surface area (TPSA) is 69.6 Å². The van der Waals surface area contributed by atoms with Gasteiger partial charge in [-0.2, -0.15) is 0 Å². The highest BCUT2D eigenvalue weighted by atomic mass is 35.5. The number of aromatic nitrogens is 2. The minimum absolute atomic E-state index is 0.000654. The average Bonchev–Trinajstić information content (AvgIpc) is 2.87. The highest BCUT2D eigenvalue weighted by Gasteiger charge is 2.26. The quantitative estimate of drug-likeness (QED) is 0.484. The lowest BCUT2D eigenvalue weighted by Gasteiger charge is -2.36. The van der Waals surface area contributed by atoms with Crippen molar-refractivity contribution in [2.75, 3.05) is 44.2 Å². The van der Waals surface area contributed by atoms with Crippen molar-refractivity contribution in [3.8, 4) is 11.3 Å². The molecule has 0 atom stereocenters. The predicted octanol–water partition coefficient (Wildman–Crippen LogP) is 4.57. The van der Waals surface area contributed by atoms with Crippen LogP contribution in [-0.2, 0) is 4.79 Å². The predicted molar refractivity (Wildman–Crippen MR) is 139 cm³/mol. The molecule has 0 N–H and O–H groups in total. The normalized spacial score (nSPS) is 13.6. The van der Waals surface area contributed by atoms with E-state index in [0.29, 0.717) is 43.3 Å². The highest BCUT2D eigenvalue weighted by molar-refractivity contribution is 6.36. The van der Waals surface area contributed by atoms with Crippen LogP contribution in [0.5, 0.6) is 0 Å². The van der Waals surface area contributed by atoms with Crippen molar-refractivity contribution < 1.29 is 9.59 Å². The minimum atomic E-state index is -0.287. The number of halogens is 2. The Morgan fingerprint density at radius 2 is 1.66 bits per heavy atom. The van der Waals surface area contributed by atoms with E-state index >= 15 is 0 Å². The molecule has 9 heteroatoms. The maximum absolute atomic E-state index is 12.9. The number of carbonyl (C=O) groups excluding carboxylic acids is 2. The van der Waals surface area contributed by atoms with Gasteiger partial charge in [0.2, 0.25) is 5.91 Å². The fourth-order valence-electron chi connectivity index (χ4n) is 3.98. The number of aryl methyl sites for hydroxylation is 1. The molecule has 35 heavy (non-hydrogen) atoms. The third-order valence-corrected chi connectivity index (χ3v) is 6.66. The summed E-state index contributed by atoms with van der Waals surface area (Å²) in [7, 11) is 0. The Kier molecular flexibility index (Phi) is 7.88. The Bertz CT molecular complexity index is 1190. The second-order valence-corrected chi connectivity index (χ2v) is 9.30. The van der Waals surface area contributed by atoms with Crippen LogP contribution >= 0.6 is 23.2 Å². The molecule has 0 saturated carbocycles. The van der Waals surface area contributed by atoms with Crippen LogP contribution in [0.4, 0.5) is 5.82 Å². The second kappa shape index (κ2) is 11.1. The van der Waals surface area contributed by atoms with E-state index < -0.39 is 0 Å². The van der Waals surface area contributed by atoms with E-state index in [1.165, 1.54) is 16.5 Å². The lowest BCUT2D eigenvalue weighted by atomic mass is 10.1. The van der Waals surface area contributed by atoms with Gasteiger partial charge >= 0.3 is 0 Å². The summed E-state index contributed by atoms with van der Waals surface area (Å²) in [5.74, 6) is 0.409. The van der Waals surface area contributed by atoms with Crippen LogP contribution in [0, 0.1) is 6.92 Å². The first-order valence-corrected chi connectivity index (χ1v) is 12.3. The largest absolute Gasteiger partial charge is 0.352 e. The molecule has 1 fully saturated rings. The SMILES string of the molecule is CCN(CC(=O)N1CCN(c2ccc(-c3ccc(C)cc3)nn2)CC1)C(=O)c1ccc(Cl)cc1Cl. The van der Waals surface area contributed by atoms with Gasteiger partial charge in [0.15, 0.2) is 5.82 Å². The number of benzene rings is 2. The fourth-order valence-corrected chi connectivity index (χ4v) is 4.47. The summed E-state index contributed by atoms with van der Waals surface area (Å²) < 4.78 is 0. The molecule has 0 aliphatic carbocycles. The molecule has 0 spiro atoms. The molecule has 2 heterocycles. The second-order valence-electron chi connectivity index (χ2n) is 8.45. The van der Waals surface area contributed by atoms with Crippen molar-refractivity contribution in [3.63, 3.8) is 0 Å². The number of anilines is 1. The van der Waals surface area contributed by atoms with Gasteiger partial charge in [-0.25, -0.2) is 0 Å². The number of hydrogen-bond acceptors (Lipinski definition) is 5. The Hall–Kier alpha value is -3.16. The smallest absolute Gasteiger partial charge is 0.255 e. The van der Waals surface area contributed by atoms with Gasteiger partial charge in [-0.3, -0.25) is 9.59 Å². The van der Waals surface area contributed by atoms with E-state index in [9.17, 15) is 9.59 Å². The van der Waals surface area contributed by atoms with Crippen molar-refractivity contribution in [2.24, 2.45) is 0 Å². The first kappa shape index (κ1) is 24.9. The van der Waals surface area contributed by atoms with Crippen molar-refractivity contribution in [1.29, 1.82) is 0 Å². The zero-order valence-corrected chi connectivity index (χ0v) is 21.3. The molecule has 1 saturated heterocycles. The summed E-state index contributed by atoms with van der Waals surface area (Å²) in [6.07, 6.45) is 0. The molecule has 7 nitrogen and oxygen atoms in total. The van der Waals surface area contributed by atoms with E-state index in [-0.39, 0.29) is 23.4 Å². The Morgan fingerprint density at radius 1 is 0.943 bits per heavy atom. The van der Waals surface area contributed by atoms with E-state index in [4.69, 9.17) is 23.2 Å². The molecule has 1 aliphatic rings. The first-order valence-electron chi connectivity index (χ1n) is 11.5. The molecular formula is C26H27Cl2N5O2. The molecule has 182 valence electrons. The van der Waals surface area contributed by atoms with Gasteiger partial charge in [-0.05, 0) is 44.2 Å². The molecule has 1 aliphatic heterocycles. The maximum Gasteiger partial charge on any atom is 0.255 e. The van der Waals surface area contributed by atoms with Gasteiger partial charge in [-0.15, -0.1) is 10.2 Å². The van der Waals surface area contributed by atoms with Gasteiger partial charge in [-0.1, -0.05) is 53.0 Å². The van der Waals surface area contributed by atoms with Gasteiger partial charge in [0.25, 0.3) is 5.91 Å². The number of rotatable bonds is 6. The number of hydrogen-bond donors (Lipinski definition) is 0. The molecule has 0 unspecified atom stereocenters. The lowest BCUT2D eigenvalue weighted by molar-refractivity contribution is -0.132. The minimum Gasteiger partial charge on any atom is -0.352 e. The summed E-state index contributed by atoms with van der Waals surface area (Å²) in [6.45, 7) is 6.68. The van der Waals surface area contributed by atoms with E-state index in [1.54, 1.807) is 17.0 Å². The maximum atomic E-state index is 12.9. The Balaban J connectivity index is 1.33. The average molecular weight is 512 g/mol. The number of carbonyl (C=O) groups is 2. The molecule has 0 bridgehead atoms. The van der Waals surface area contributed by atoms with E-state index in [0.717, 1.165) is 17.1 Å². The lowest BCUT2D eigenvalue weighted by Crippen LogP contribution is -2.52. The monoisotopic (exact) mass is 511 g/mol. The summed E-state index contributed by atoms with van der Waals surface area (Å²) in [6, 6.07) is 16.8. The van der Waals surface area contributed by atoms with Gasteiger partial charge in [0.1, 0.15) is 6.54 Å². The van der Waals surface area contributed by atoms with E-state index in [1.807, 2.05) is 31.2 Å². The van der Waals surface area contributed by atoms with Crippen LogP contribution in [0.15, 0.2) is 54.6 Å². The summed E-state index contributed by atoms with van der Waals surface area (Å²) in [5, 5.41) is 9.52. The molecule has 4 rings (SSSR count). The van der Waals surface area contributed by atoms with Crippen LogP contribution in [0.3, 0.4) is 0 Å². The van der Waals surface area contributed by atoms with Crippen molar-refractivity contribution in [3.05, 3.63) is 75.8 Å². The van der Waals surface area contributed by atoms with Gasteiger partial charge in [0.05, 0.1) is 16.3 Å². The van der Waals surface area contributed by atoms with Gasteiger partial charge in [0, 0.05) is 43.3 Å².